The fourth-order valence-corrected chi connectivity index (χ4v) is 3.32. The maximum absolute atomic E-state index is 12.5. The summed E-state index contributed by atoms with van der Waals surface area (Å²) in [7, 11) is 3.05. The number of aryl methyl sites for hydroxylation is 2. The van der Waals surface area contributed by atoms with Crippen molar-refractivity contribution in [2.45, 2.75) is 20.4 Å². The van der Waals surface area contributed by atoms with Crippen molar-refractivity contribution < 1.29 is 14.3 Å². The predicted molar refractivity (Wildman–Crippen MR) is 91.1 cm³/mol. The Balaban J connectivity index is 1.84. The van der Waals surface area contributed by atoms with E-state index in [0.717, 1.165) is 21.4 Å². The predicted octanol–water partition coefficient (Wildman–Crippen LogP) is 2.35. The number of carbonyl (C=O) groups excluding carboxylic acids is 1. The third-order valence-corrected chi connectivity index (χ3v) is 4.49. The van der Waals surface area contributed by atoms with Crippen LogP contribution in [0.2, 0.25) is 0 Å². The first-order valence-corrected chi connectivity index (χ1v) is 8.17. The van der Waals surface area contributed by atoms with Gasteiger partial charge in [0.1, 0.15) is 5.01 Å². The summed E-state index contributed by atoms with van der Waals surface area (Å²) in [5.74, 6) is 0.687. The summed E-state index contributed by atoms with van der Waals surface area (Å²) in [6, 6.07) is 5.20. The minimum absolute atomic E-state index is 0.243. The second-order valence-electron chi connectivity index (χ2n) is 5.18. The van der Waals surface area contributed by atoms with E-state index in [0.29, 0.717) is 23.6 Å². The van der Waals surface area contributed by atoms with Crippen LogP contribution in [0.5, 0.6) is 11.5 Å². The molecule has 0 fully saturated rings. The largest absolute Gasteiger partial charge is 0.493 e. The zero-order valence-corrected chi connectivity index (χ0v) is 14.7. The fourth-order valence-electron chi connectivity index (χ4n) is 2.51. The molecule has 0 aliphatic rings. The lowest BCUT2D eigenvalue weighted by atomic mass is 10.1. The van der Waals surface area contributed by atoms with Crippen LogP contribution in [-0.2, 0) is 6.54 Å². The van der Waals surface area contributed by atoms with Gasteiger partial charge in [-0.3, -0.25) is 4.79 Å². The Labute approximate surface area is 143 Å². The Morgan fingerprint density at radius 2 is 2.08 bits per heavy atom. The maximum atomic E-state index is 12.5. The number of hydrogen-bond acceptors (Lipinski definition) is 6. The average Bonchev–Trinajstić information content (AvgIpc) is 3.06. The highest BCUT2D eigenvalue weighted by atomic mass is 32.1. The normalized spacial score (nSPS) is 10.8. The molecule has 7 nitrogen and oxygen atoms in total. The second-order valence-corrected chi connectivity index (χ2v) is 6.34. The number of para-hydroxylation sites is 1. The van der Waals surface area contributed by atoms with Crippen molar-refractivity contribution in [3.63, 3.8) is 0 Å². The molecule has 0 bridgehead atoms. The van der Waals surface area contributed by atoms with Crippen molar-refractivity contribution in [2.75, 3.05) is 14.2 Å². The SMILES string of the molecule is COc1cccc(C(=O)NCc2c(C)nc3sc(C)nn23)c1OC. The van der Waals surface area contributed by atoms with Crippen molar-refractivity contribution in [1.82, 2.24) is 19.9 Å². The summed E-state index contributed by atoms with van der Waals surface area (Å²) in [5.41, 5.74) is 2.14. The van der Waals surface area contributed by atoms with Gasteiger partial charge in [-0.15, -0.1) is 0 Å². The van der Waals surface area contributed by atoms with Crippen molar-refractivity contribution in [3.05, 3.63) is 40.2 Å². The molecule has 0 saturated carbocycles. The van der Waals surface area contributed by atoms with Gasteiger partial charge in [-0.25, -0.2) is 9.50 Å². The smallest absolute Gasteiger partial charge is 0.255 e. The molecule has 24 heavy (non-hydrogen) atoms. The number of benzene rings is 1. The summed E-state index contributed by atoms with van der Waals surface area (Å²) >= 11 is 1.52. The number of nitrogens with zero attached hydrogens (tertiary/aromatic N) is 3. The summed E-state index contributed by atoms with van der Waals surface area (Å²) in [5, 5.41) is 8.25. The third kappa shape index (κ3) is 2.80. The molecule has 8 heteroatoms. The third-order valence-electron chi connectivity index (χ3n) is 3.66. The average molecular weight is 346 g/mol. The molecule has 0 aliphatic carbocycles. The zero-order chi connectivity index (χ0) is 17.3. The Bertz CT molecular complexity index is 900. The molecule has 2 aromatic heterocycles. The van der Waals surface area contributed by atoms with E-state index in [1.165, 1.54) is 25.6 Å². The van der Waals surface area contributed by atoms with Gasteiger partial charge in [-0.1, -0.05) is 17.4 Å². The number of imidazole rings is 1. The van der Waals surface area contributed by atoms with Crippen LogP contribution in [0.25, 0.3) is 4.96 Å². The lowest BCUT2D eigenvalue weighted by molar-refractivity contribution is 0.0946. The van der Waals surface area contributed by atoms with Crippen molar-refractivity contribution in [1.29, 1.82) is 0 Å². The molecule has 1 N–H and O–H groups in total. The van der Waals surface area contributed by atoms with Gasteiger partial charge in [-0.2, -0.15) is 5.10 Å². The van der Waals surface area contributed by atoms with Gasteiger partial charge >= 0.3 is 0 Å². The van der Waals surface area contributed by atoms with Gasteiger partial charge < -0.3 is 14.8 Å². The highest BCUT2D eigenvalue weighted by Crippen LogP contribution is 2.30. The number of methoxy groups -OCH3 is 2. The van der Waals surface area contributed by atoms with E-state index in [4.69, 9.17) is 9.47 Å². The quantitative estimate of drug-likeness (QED) is 0.767. The molecule has 3 rings (SSSR count). The van der Waals surface area contributed by atoms with Crippen LogP contribution < -0.4 is 14.8 Å². The monoisotopic (exact) mass is 346 g/mol. The van der Waals surface area contributed by atoms with E-state index < -0.39 is 0 Å². The first-order valence-electron chi connectivity index (χ1n) is 7.36. The topological polar surface area (TPSA) is 77.8 Å². The van der Waals surface area contributed by atoms with Crippen LogP contribution in [-0.4, -0.2) is 34.7 Å². The van der Waals surface area contributed by atoms with E-state index in [2.05, 4.69) is 15.4 Å². The summed E-state index contributed by atoms with van der Waals surface area (Å²) < 4.78 is 12.3. The van der Waals surface area contributed by atoms with E-state index in [-0.39, 0.29) is 5.91 Å². The lowest BCUT2D eigenvalue weighted by Gasteiger charge is -2.12. The van der Waals surface area contributed by atoms with Crippen LogP contribution in [0, 0.1) is 13.8 Å². The summed E-state index contributed by atoms with van der Waals surface area (Å²) in [6.07, 6.45) is 0. The molecule has 0 aliphatic heterocycles. The first-order chi connectivity index (χ1) is 11.5. The van der Waals surface area contributed by atoms with Crippen LogP contribution in [0.15, 0.2) is 18.2 Å². The Hall–Kier alpha value is -2.61. The number of hydrogen-bond donors (Lipinski definition) is 1. The molecule has 1 aromatic carbocycles. The zero-order valence-electron chi connectivity index (χ0n) is 13.9. The van der Waals surface area contributed by atoms with Crippen LogP contribution in [0.3, 0.4) is 0 Å². The van der Waals surface area contributed by atoms with Crippen LogP contribution in [0.1, 0.15) is 26.8 Å². The highest BCUT2D eigenvalue weighted by molar-refractivity contribution is 7.16. The maximum Gasteiger partial charge on any atom is 0.255 e. The Morgan fingerprint density at radius 3 is 2.79 bits per heavy atom. The molecule has 1 amide bonds. The van der Waals surface area contributed by atoms with E-state index in [9.17, 15) is 4.79 Å². The van der Waals surface area contributed by atoms with Gasteiger partial charge in [0.15, 0.2) is 11.5 Å². The molecule has 2 heterocycles. The lowest BCUT2D eigenvalue weighted by Crippen LogP contribution is -2.24. The van der Waals surface area contributed by atoms with Gasteiger partial charge in [0.05, 0.1) is 37.7 Å². The molecule has 0 atom stereocenters. The first kappa shape index (κ1) is 16.3. The number of fused-ring (bicyclic) bond motifs is 1. The van der Waals surface area contributed by atoms with E-state index in [1.807, 2.05) is 13.8 Å². The molecule has 0 saturated heterocycles. The second kappa shape index (κ2) is 6.48. The van der Waals surface area contributed by atoms with Crippen molar-refractivity contribution >= 4 is 22.2 Å². The number of carbonyl (C=O) groups is 1. The van der Waals surface area contributed by atoms with Crippen molar-refractivity contribution in [3.8, 4) is 11.5 Å². The molecule has 0 radical (unpaired) electrons. The molecule has 0 spiro atoms. The molecule has 3 aromatic rings. The number of rotatable bonds is 5. The molecular weight excluding hydrogens is 328 g/mol. The number of amides is 1. The molecular formula is C16H18N4O3S. The minimum Gasteiger partial charge on any atom is -0.493 e. The van der Waals surface area contributed by atoms with Crippen LogP contribution in [0.4, 0.5) is 0 Å². The van der Waals surface area contributed by atoms with Gasteiger partial charge in [0.25, 0.3) is 5.91 Å². The number of nitrogens with one attached hydrogen (secondary N) is 1. The minimum atomic E-state index is -0.243. The van der Waals surface area contributed by atoms with Crippen molar-refractivity contribution in [2.24, 2.45) is 0 Å². The summed E-state index contributed by atoms with van der Waals surface area (Å²) in [4.78, 5) is 17.8. The molecule has 0 unspecified atom stereocenters. The van der Waals surface area contributed by atoms with Gasteiger partial charge in [-0.05, 0) is 26.0 Å². The Kier molecular flexibility index (Phi) is 4.39. The standard InChI is InChI=1S/C16H18N4O3S/c1-9-12(20-16(18-9)24-10(2)19-20)8-17-15(21)11-6-5-7-13(22-3)14(11)23-4/h5-7H,8H2,1-4H3,(H,17,21). The van der Waals surface area contributed by atoms with E-state index >= 15 is 0 Å². The Morgan fingerprint density at radius 1 is 1.29 bits per heavy atom. The number of ether oxygens (including phenoxy) is 2. The fraction of sp³-hybridized carbons (Fsp3) is 0.312. The number of aromatic nitrogens is 3. The summed E-state index contributed by atoms with van der Waals surface area (Å²) in [6.45, 7) is 4.16. The van der Waals surface area contributed by atoms with Gasteiger partial charge in [0, 0.05) is 0 Å². The van der Waals surface area contributed by atoms with Crippen LogP contribution >= 0.6 is 11.3 Å². The van der Waals surface area contributed by atoms with Gasteiger partial charge in [0.2, 0.25) is 4.96 Å². The highest BCUT2D eigenvalue weighted by Gasteiger charge is 2.18. The van der Waals surface area contributed by atoms with E-state index in [1.54, 1.807) is 22.7 Å². The molecule has 126 valence electrons.